The summed E-state index contributed by atoms with van der Waals surface area (Å²) >= 11 is 0. The summed E-state index contributed by atoms with van der Waals surface area (Å²) in [7, 11) is 3.47. The van der Waals surface area contributed by atoms with E-state index in [0.29, 0.717) is 32.3 Å². The van der Waals surface area contributed by atoms with Crippen LogP contribution >= 0.6 is 24.0 Å². The second-order valence-corrected chi connectivity index (χ2v) is 7.25. The molecule has 0 saturated carbocycles. The van der Waals surface area contributed by atoms with Crippen molar-refractivity contribution < 1.29 is 9.53 Å². The van der Waals surface area contributed by atoms with Crippen LogP contribution in [0.5, 0.6) is 0 Å². The average molecular weight is 542 g/mol. The Hall–Kier alpha value is -2.14. The van der Waals surface area contributed by atoms with Crippen molar-refractivity contribution in [1.82, 2.24) is 25.3 Å². The van der Waals surface area contributed by atoms with Crippen molar-refractivity contribution in [2.75, 3.05) is 40.4 Å². The zero-order valence-corrected chi connectivity index (χ0v) is 21.5. The van der Waals surface area contributed by atoms with Crippen molar-refractivity contribution in [2.45, 2.75) is 33.7 Å². The Kier molecular flexibility index (Phi) is 12.2. The highest BCUT2D eigenvalue weighted by Gasteiger charge is 2.10. The van der Waals surface area contributed by atoms with Crippen LogP contribution in [0.4, 0.5) is 0 Å². The minimum Gasteiger partial charge on any atom is -0.382 e. The van der Waals surface area contributed by atoms with Gasteiger partial charge < -0.3 is 20.3 Å². The van der Waals surface area contributed by atoms with Gasteiger partial charge in [0.15, 0.2) is 5.96 Å². The van der Waals surface area contributed by atoms with E-state index in [1.165, 1.54) is 0 Å². The Balaban J connectivity index is 0.00000480. The number of guanidine groups is 1. The van der Waals surface area contributed by atoms with E-state index in [4.69, 9.17) is 9.73 Å². The van der Waals surface area contributed by atoms with Gasteiger partial charge in [0.2, 0.25) is 5.91 Å². The molecule has 0 fully saturated rings. The normalized spacial score (nSPS) is 11.1. The van der Waals surface area contributed by atoms with Crippen molar-refractivity contribution in [2.24, 2.45) is 4.99 Å². The predicted octanol–water partition coefficient (Wildman–Crippen LogP) is 2.66. The lowest BCUT2D eigenvalue weighted by Gasteiger charge is -2.15. The summed E-state index contributed by atoms with van der Waals surface area (Å²) in [4.78, 5) is 18.2. The summed E-state index contributed by atoms with van der Waals surface area (Å²) in [5.74, 6) is 0.590. The molecule has 9 heteroatoms. The summed E-state index contributed by atoms with van der Waals surface area (Å²) in [6.45, 7) is 8.76. The van der Waals surface area contributed by atoms with Crippen LogP contribution < -0.4 is 10.6 Å². The molecule has 8 nitrogen and oxygen atoms in total. The molecule has 2 rings (SSSR count). The monoisotopic (exact) mass is 542 g/mol. The van der Waals surface area contributed by atoms with Gasteiger partial charge in [-0.05, 0) is 44.9 Å². The van der Waals surface area contributed by atoms with E-state index in [1.807, 2.05) is 49.7 Å². The lowest BCUT2D eigenvalue weighted by atomic mass is 10.2. The number of hydrogen-bond acceptors (Lipinski definition) is 4. The maximum atomic E-state index is 12.0. The Bertz CT molecular complexity index is 850. The van der Waals surface area contributed by atoms with Crippen LogP contribution in [-0.2, 0) is 16.1 Å². The van der Waals surface area contributed by atoms with Crippen LogP contribution in [0.2, 0.25) is 0 Å². The Morgan fingerprint density at radius 3 is 2.61 bits per heavy atom. The van der Waals surface area contributed by atoms with E-state index in [-0.39, 0.29) is 36.4 Å². The Labute approximate surface area is 202 Å². The predicted molar refractivity (Wildman–Crippen MR) is 135 cm³/mol. The first-order chi connectivity index (χ1) is 14.4. The minimum atomic E-state index is -0.0122. The number of aliphatic imine (C=N–C) groups is 1. The number of ether oxygens (including phenoxy) is 1. The van der Waals surface area contributed by atoms with Crippen LogP contribution in [0.15, 0.2) is 35.3 Å². The van der Waals surface area contributed by atoms with Crippen molar-refractivity contribution in [3.8, 4) is 5.69 Å². The van der Waals surface area contributed by atoms with E-state index < -0.39 is 0 Å². The fourth-order valence-corrected chi connectivity index (χ4v) is 2.91. The number of halogens is 1. The van der Waals surface area contributed by atoms with Gasteiger partial charge in [-0.25, -0.2) is 9.67 Å². The molecule has 0 bridgehead atoms. The molecule has 1 aromatic carbocycles. The van der Waals surface area contributed by atoms with E-state index in [1.54, 1.807) is 19.0 Å². The van der Waals surface area contributed by atoms with Crippen molar-refractivity contribution >= 4 is 35.8 Å². The second-order valence-electron chi connectivity index (χ2n) is 7.25. The fraction of sp³-hybridized carbons (Fsp3) is 0.500. The van der Waals surface area contributed by atoms with Crippen LogP contribution in [0.25, 0.3) is 5.69 Å². The molecular weight excluding hydrogens is 507 g/mol. The molecule has 2 aromatic rings. The lowest BCUT2D eigenvalue weighted by Crippen LogP contribution is -2.43. The van der Waals surface area contributed by atoms with Crippen LogP contribution in [0.1, 0.15) is 30.3 Å². The molecular formula is C22H35IN6O2. The van der Waals surface area contributed by atoms with E-state index in [2.05, 4.69) is 21.8 Å². The van der Waals surface area contributed by atoms with Crippen LogP contribution in [-0.4, -0.2) is 66.9 Å². The van der Waals surface area contributed by atoms with Gasteiger partial charge in [-0.3, -0.25) is 4.79 Å². The summed E-state index contributed by atoms with van der Waals surface area (Å²) in [5.41, 5.74) is 4.11. The fourth-order valence-electron chi connectivity index (χ4n) is 2.91. The number of aromatic nitrogens is 2. The molecule has 0 unspecified atom stereocenters. The number of benzene rings is 1. The number of carbonyl (C=O) groups excluding carboxylic acids is 1. The summed E-state index contributed by atoms with van der Waals surface area (Å²) in [5, 5.41) is 11.0. The zero-order chi connectivity index (χ0) is 21.9. The van der Waals surface area contributed by atoms with Gasteiger partial charge in [0, 0.05) is 39.5 Å². The third-order valence-electron chi connectivity index (χ3n) is 4.50. The maximum absolute atomic E-state index is 12.0. The van der Waals surface area contributed by atoms with Crippen LogP contribution in [0.3, 0.4) is 0 Å². The van der Waals surface area contributed by atoms with Gasteiger partial charge in [0.25, 0.3) is 0 Å². The van der Waals surface area contributed by atoms with Gasteiger partial charge in [-0.1, -0.05) is 18.2 Å². The number of likely N-dealkylation sites (N-methyl/N-ethyl adjacent to an activating group) is 1. The van der Waals surface area contributed by atoms with E-state index >= 15 is 0 Å². The third kappa shape index (κ3) is 8.86. The first kappa shape index (κ1) is 26.9. The highest BCUT2D eigenvalue weighted by atomic mass is 127. The quantitative estimate of drug-likeness (QED) is 0.209. The molecule has 0 aliphatic carbocycles. The number of carbonyl (C=O) groups is 1. The van der Waals surface area contributed by atoms with Crippen molar-refractivity contribution in [3.63, 3.8) is 0 Å². The molecule has 0 spiro atoms. The largest absolute Gasteiger partial charge is 0.382 e. The number of aryl methyl sites for hydroxylation is 2. The molecule has 1 heterocycles. The number of hydrogen-bond donors (Lipinski definition) is 2. The van der Waals surface area contributed by atoms with Crippen LogP contribution in [0, 0.1) is 13.8 Å². The average Bonchev–Trinajstić information content (AvgIpc) is 3.06. The van der Waals surface area contributed by atoms with Gasteiger partial charge in [0.1, 0.15) is 0 Å². The van der Waals surface area contributed by atoms with Gasteiger partial charge >= 0.3 is 0 Å². The van der Waals surface area contributed by atoms with Crippen molar-refractivity contribution in [1.29, 1.82) is 0 Å². The molecule has 0 radical (unpaired) electrons. The molecule has 0 aliphatic heterocycles. The SMILES string of the molecule is CCOCCCNC(=NCc1ccccc1-n1nc(C)cc1C)NCC(=O)N(C)C.I. The standard InChI is InChI=1S/C22H34N6O2.HI/c1-6-30-13-9-12-23-22(25-16-21(29)27(4)5)24-15-19-10-7-8-11-20(19)28-18(3)14-17(2)26-28;/h7-8,10-11,14H,6,9,12-13,15-16H2,1-5H3,(H2,23,24,25);1H. The molecule has 2 N–H and O–H groups in total. The molecule has 0 aliphatic rings. The van der Waals surface area contributed by atoms with Gasteiger partial charge in [0.05, 0.1) is 24.5 Å². The number of amides is 1. The topological polar surface area (TPSA) is 83.8 Å². The van der Waals surface area contributed by atoms with Gasteiger partial charge in [-0.15, -0.1) is 24.0 Å². The molecule has 0 saturated heterocycles. The number of rotatable bonds is 10. The second kappa shape index (κ2) is 14.0. The smallest absolute Gasteiger partial charge is 0.241 e. The minimum absolute atomic E-state index is 0. The lowest BCUT2D eigenvalue weighted by molar-refractivity contribution is -0.127. The Morgan fingerprint density at radius 2 is 1.97 bits per heavy atom. The molecule has 172 valence electrons. The first-order valence-corrected chi connectivity index (χ1v) is 10.3. The Morgan fingerprint density at radius 1 is 1.23 bits per heavy atom. The molecule has 1 amide bonds. The highest BCUT2D eigenvalue weighted by molar-refractivity contribution is 14.0. The van der Waals surface area contributed by atoms with Crippen molar-refractivity contribution in [3.05, 3.63) is 47.3 Å². The number of nitrogens with one attached hydrogen (secondary N) is 2. The molecule has 1 aromatic heterocycles. The number of para-hydroxylation sites is 1. The maximum Gasteiger partial charge on any atom is 0.241 e. The highest BCUT2D eigenvalue weighted by Crippen LogP contribution is 2.17. The molecule has 0 atom stereocenters. The third-order valence-corrected chi connectivity index (χ3v) is 4.50. The van der Waals surface area contributed by atoms with Gasteiger partial charge in [-0.2, -0.15) is 5.10 Å². The summed E-state index contributed by atoms with van der Waals surface area (Å²) in [6, 6.07) is 10.1. The number of nitrogens with zero attached hydrogens (tertiary/aromatic N) is 4. The zero-order valence-electron chi connectivity index (χ0n) is 19.1. The van der Waals surface area contributed by atoms with E-state index in [9.17, 15) is 4.79 Å². The summed E-state index contributed by atoms with van der Waals surface area (Å²) < 4.78 is 7.32. The van der Waals surface area contributed by atoms with E-state index in [0.717, 1.165) is 29.1 Å². The molecule has 31 heavy (non-hydrogen) atoms. The summed E-state index contributed by atoms with van der Waals surface area (Å²) in [6.07, 6.45) is 0.860. The first-order valence-electron chi connectivity index (χ1n) is 10.3.